The predicted octanol–water partition coefficient (Wildman–Crippen LogP) is 6.75. The van der Waals surface area contributed by atoms with Crippen LogP contribution in [0.4, 0.5) is 0 Å². The molecule has 1 unspecified atom stereocenters. The average molecular weight is 525 g/mol. The minimum atomic E-state index is -0.715. The summed E-state index contributed by atoms with van der Waals surface area (Å²) >= 11 is 0. The number of carbonyl (C=O) groups excluding carboxylic acids is 1. The van der Waals surface area contributed by atoms with Crippen LogP contribution in [0.2, 0.25) is 0 Å². The van der Waals surface area contributed by atoms with Crippen LogP contribution in [0.5, 0.6) is 11.5 Å². The van der Waals surface area contributed by atoms with Crippen molar-refractivity contribution >= 4 is 11.9 Å². The number of carbonyl (C=O) groups is 2. The number of carboxylic acids is 1. The number of ether oxygens (including phenoxy) is 1. The highest BCUT2D eigenvalue weighted by atomic mass is 16.5. The molecule has 38 heavy (non-hydrogen) atoms. The maximum Gasteiger partial charge on any atom is 0.309 e. The first-order valence-electron chi connectivity index (χ1n) is 14.2. The number of phenolic OH excluding ortho intramolecular Hbond substituents is 2. The molecule has 1 aromatic rings. The summed E-state index contributed by atoms with van der Waals surface area (Å²) in [6.45, 7) is 13.1. The average Bonchev–Trinajstić information content (AvgIpc) is 2.86. The molecule has 7 atom stereocenters. The Labute approximate surface area is 226 Å². The third kappa shape index (κ3) is 3.37. The van der Waals surface area contributed by atoms with E-state index < -0.39 is 11.4 Å². The van der Waals surface area contributed by atoms with E-state index >= 15 is 0 Å². The molecule has 0 amide bonds. The Morgan fingerprint density at radius 3 is 2.29 bits per heavy atom. The number of methoxy groups -OCH3 is 1. The lowest BCUT2D eigenvalue weighted by Gasteiger charge is -2.70. The Hall–Kier alpha value is -2.50. The van der Waals surface area contributed by atoms with Crippen LogP contribution in [0, 0.1) is 34.5 Å². The van der Waals surface area contributed by atoms with Crippen molar-refractivity contribution in [3.8, 4) is 11.5 Å². The molecular weight excluding hydrogens is 480 g/mol. The van der Waals surface area contributed by atoms with E-state index in [1.165, 1.54) is 12.7 Å². The van der Waals surface area contributed by atoms with Crippen LogP contribution in [0.1, 0.15) is 109 Å². The van der Waals surface area contributed by atoms with Crippen molar-refractivity contribution in [3.63, 3.8) is 0 Å². The second-order valence-corrected chi connectivity index (χ2v) is 14.2. The van der Waals surface area contributed by atoms with Crippen molar-refractivity contribution in [2.24, 2.45) is 27.6 Å². The van der Waals surface area contributed by atoms with Gasteiger partial charge in [-0.3, -0.25) is 9.59 Å². The summed E-state index contributed by atoms with van der Waals surface area (Å²) in [5.74, 6) is -1.25. The van der Waals surface area contributed by atoms with Crippen molar-refractivity contribution in [2.45, 2.75) is 104 Å². The van der Waals surface area contributed by atoms with Gasteiger partial charge in [-0.25, -0.2) is 0 Å². The van der Waals surface area contributed by atoms with Crippen LogP contribution < -0.4 is 0 Å². The monoisotopic (exact) mass is 524 g/mol. The van der Waals surface area contributed by atoms with Crippen molar-refractivity contribution in [1.82, 2.24) is 0 Å². The van der Waals surface area contributed by atoms with Crippen molar-refractivity contribution in [3.05, 3.63) is 34.4 Å². The molecule has 0 spiro atoms. The molecule has 0 radical (unpaired) electrons. The van der Waals surface area contributed by atoms with Gasteiger partial charge in [0.25, 0.3) is 0 Å². The van der Waals surface area contributed by atoms with Gasteiger partial charge in [-0.1, -0.05) is 39.3 Å². The molecule has 208 valence electrons. The second kappa shape index (κ2) is 8.25. The predicted molar refractivity (Wildman–Crippen MR) is 145 cm³/mol. The number of rotatable bonds is 3. The summed E-state index contributed by atoms with van der Waals surface area (Å²) in [6.07, 6.45) is 8.65. The molecule has 3 saturated carbocycles. The summed E-state index contributed by atoms with van der Waals surface area (Å²) in [4.78, 5) is 24.9. The Bertz CT molecular complexity index is 1250. The molecule has 6 heteroatoms. The first-order chi connectivity index (χ1) is 17.6. The normalized spacial score (nSPS) is 41.6. The number of aromatic hydroxyl groups is 2. The van der Waals surface area contributed by atoms with E-state index in [4.69, 9.17) is 4.74 Å². The Kier molecular flexibility index (Phi) is 5.88. The third-order valence-electron chi connectivity index (χ3n) is 12.3. The van der Waals surface area contributed by atoms with Crippen LogP contribution in [-0.2, 0) is 19.7 Å². The van der Waals surface area contributed by atoms with Gasteiger partial charge in [0.05, 0.1) is 18.9 Å². The number of carboxylic acid groups (broad SMARTS) is 1. The van der Waals surface area contributed by atoms with Crippen LogP contribution in [0.3, 0.4) is 0 Å². The quantitative estimate of drug-likeness (QED) is 0.230. The number of allylic oxidation sites excluding steroid dienone is 2. The maximum absolute atomic E-state index is 12.6. The van der Waals surface area contributed by atoms with Crippen LogP contribution in [-0.4, -0.2) is 34.4 Å². The number of fused-ring (bicyclic) bond motifs is 7. The molecule has 0 bridgehead atoms. The van der Waals surface area contributed by atoms with Gasteiger partial charge >= 0.3 is 11.9 Å². The van der Waals surface area contributed by atoms with Gasteiger partial charge in [0.2, 0.25) is 0 Å². The lowest BCUT2D eigenvalue weighted by molar-refractivity contribution is -0.177. The third-order valence-corrected chi connectivity index (χ3v) is 12.3. The van der Waals surface area contributed by atoms with Crippen molar-refractivity contribution in [2.75, 3.05) is 7.11 Å². The first kappa shape index (κ1) is 27.1. The minimum Gasteiger partial charge on any atom is -0.504 e. The second-order valence-electron chi connectivity index (χ2n) is 14.2. The lowest BCUT2D eigenvalue weighted by Crippen LogP contribution is -2.62. The van der Waals surface area contributed by atoms with Crippen molar-refractivity contribution < 1.29 is 29.6 Å². The summed E-state index contributed by atoms with van der Waals surface area (Å²) in [5.41, 5.74) is 2.55. The molecule has 1 aromatic carbocycles. The van der Waals surface area contributed by atoms with E-state index in [2.05, 4.69) is 33.8 Å². The molecule has 6 nitrogen and oxygen atoms in total. The zero-order valence-corrected chi connectivity index (χ0v) is 24.0. The molecule has 0 saturated heterocycles. The standard InChI is InChI=1S/C32H44O6/c1-18-25-19(15-24(34)38-7)14-22-30(4,20(25)16-21(33)26(18)35)11-13-32(6)23-17-29(3,27(36)37)9-8-28(23,2)10-12-31(22,32)5/h14,16,19,23,33,35H,8-13,15,17H2,1-7H3,(H,36,37)/t19?,23-,28-,29-,30+,31-,32+/m1/s1. The summed E-state index contributed by atoms with van der Waals surface area (Å²) in [7, 11) is 1.40. The van der Waals surface area contributed by atoms with Crippen molar-refractivity contribution in [1.29, 1.82) is 0 Å². The molecule has 3 fully saturated rings. The minimum absolute atomic E-state index is 0.107. The molecule has 4 aliphatic rings. The molecule has 0 aliphatic heterocycles. The van der Waals surface area contributed by atoms with Gasteiger partial charge in [0.1, 0.15) is 0 Å². The van der Waals surface area contributed by atoms with E-state index in [1.54, 1.807) is 6.07 Å². The highest BCUT2D eigenvalue weighted by Gasteiger charge is 2.67. The fourth-order valence-electron chi connectivity index (χ4n) is 9.47. The fraction of sp³-hybridized carbons (Fsp3) is 0.688. The SMILES string of the molecule is COC(=O)CC1C=C2[C@@](C)(CC[C@@]3(C)[C@@H]4C[C@](C)(C(=O)O)CC[C@]4(C)CC[C@]23C)c2cc(O)c(O)c(C)c21. The van der Waals surface area contributed by atoms with E-state index in [0.717, 1.165) is 49.7 Å². The molecular formula is C32H44O6. The Morgan fingerprint density at radius 1 is 1.00 bits per heavy atom. The number of hydrogen-bond acceptors (Lipinski definition) is 5. The molecule has 0 aromatic heterocycles. The van der Waals surface area contributed by atoms with E-state index in [0.29, 0.717) is 12.0 Å². The number of esters is 1. The van der Waals surface area contributed by atoms with Gasteiger partial charge in [-0.2, -0.15) is 0 Å². The molecule has 4 aliphatic carbocycles. The van der Waals surface area contributed by atoms with Gasteiger partial charge < -0.3 is 20.1 Å². The summed E-state index contributed by atoms with van der Waals surface area (Å²) < 4.78 is 5.07. The number of hydrogen-bond donors (Lipinski definition) is 3. The smallest absolute Gasteiger partial charge is 0.309 e. The summed E-state index contributed by atoms with van der Waals surface area (Å²) in [6, 6.07) is 1.72. The van der Waals surface area contributed by atoms with Gasteiger partial charge in [0, 0.05) is 11.3 Å². The molecule has 5 rings (SSSR count). The zero-order chi connectivity index (χ0) is 28.1. The number of benzene rings is 1. The molecule has 0 heterocycles. The van der Waals surface area contributed by atoms with Gasteiger partial charge in [-0.05, 0) is 104 Å². The van der Waals surface area contributed by atoms with Crippen LogP contribution in [0.25, 0.3) is 0 Å². The Balaban J connectivity index is 1.69. The first-order valence-corrected chi connectivity index (χ1v) is 14.2. The largest absolute Gasteiger partial charge is 0.504 e. The zero-order valence-electron chi connectivity index (χ0n) is 24.0. The van der Waals surface area contributed by atoms with Crippen LogP contribution >= 0.6 is 0 Å². The highest BCUT2D eigenvalue weighted by molar-refractivity contribution is 5.74. The maximum atomic E-state index is 12.6. The van der Waals surface area contributed by atoms with E-state index in [1.807, 2.05) is 13.8 Å². The highest BCUT2D eigenvalue weighted by Crippen LogP contribution is 2.75. The van der Waals surface area contributed by atoms with E-state index in [-0.39, 0.29) is 57.4 Å². The topological polar surface area (TPSA) is 104 Å². The fourth-order valence-corrected chi connectivity index (χ4v) is 9.47. The van der Waals surface area contributed by atoms with Gasteiger partial charge in [0.15, 0.2) is 11.5 Å². The summed E-state index contributed by atoms with van der Waals surface area (Å²) in [5, 5.41) is 31.5. The Morgan fingerprint density at radius 2 is 1.66 bits per heavy atom. The van der Waals surface area contributed by atoms with Gasteiger partial charge in [-0.15, -0.1) is 0 Å². The lowest BCUT2D eigenvalue weighted by atomic mass is 9.34. The van der Waals surface area contributed by atoms with Crippen LogP contribution in [0.15, 0.2) is 17.7 Å². The molecule has 3 N–H and O–H groups in total. The number of phenols is 2. The van der Waals surface area contributed by atoms with E-state index in [9.17, 15) is 24.9 Å². The number of aliphatic carboxylic acids is 1.